The van der Waals surface area contributed by atoms with Crippen LogP contribution in [-0.4, -0.2) is 70.3 Å². The van der Waals surface area contributed by atoms with Gasteiger partial charge in [0.15, 0.2) is 0 Å². The number of carbonyl (C=O) groups is 2. The molecule has 1 saturated heterocycles. The number of nitrogens with zero attached hydrogens (tertiary/aromatic N) is 3. The summed E-state index contributed by atoms with van der Waals surface area (Å²) in [6.45, 7) is 4.06. The Labute approximate surface area is 144 Å². The highest BCUT2D eigenvalue weighted by Crippen LogP contribution is 2.35. The maximum atomic E-state index is 12.5. The van der Waals surface area contributed by atoms with Crippen molar-refractivity contribution in [2.24, 2.45) is 0 Å². The van der Waals surface area contributed by atoms with Crippen molar-refractivity contribution < 1.29 is 32.9 Å². The Kier molecular flexibility index (Phi) is 6.17. The van der Waals surface area contributed by atoms with Crippen LogP contribution >= 0.6 is 7.82 Å². The summed E-state index contributed by atoms with van der Waals surface area (Å²) in [5, 5.41) is 2.35. The van der Waals surface area contributed by atoms with Gasteiger partial charge in [-0.1, -0.05) is 0 Å². The molecule has 0 aliphatic carbocycles. The van der Waals surface area contributed by atoms with Crippen LogP contribution in [0.2, 0.25) is 0 Å². The number of anilines is 1. The molecule has 1 aromatic heterocycles. The number of piperazine rings is 1. The maximum absolute atomic E-state index is 12.5. The molecule has 1 aromatic rings. The van der Waals surface area contributed by atoms with Gasteiger partial charge in [0.1, 0.15) is 11.8 Å². The van der Waals surface area contributed by atoms with E-state index in [0.29, 0.717) is 38.0 Å². The van der Waals surface area contributed by atoms with Gasteiger partial charge in [0, 0.05) is 33.1 Å². The maximum Gasteiger partial charge on any atom is 0.469 e. The molecule has 1 atom stereocenters. The Balaban J connectivity index is 1.95. The number of oxazole rings is 1. The predicted molar refractivity (Wildman–Crippen MR) is 85.6 cm³/mol. The smallest absolute Gasteiger partial charge is 0.429 e. The molecule has 0 aromatic carbocycles. The van der Waals surface area contributed by atoms with Crippen molar-refractivity contribution in [3.05, 3.63) is 12.0 Å². The number of hydrogen-bond acceptors (Lipinski definition) is 7. The number of nitrogens with one attached hydrogen (secondary N) is 1. The molecule has 2 rings (SSSR count). The van der Waals surface area contributed by atoms with Crippen LogP contribution in [0.1, 0.15) is 12.7 Å². The minimum Gasteiger partial charge on any atom is -0.429 e. The first kappa shape index (κ1) is 19.4. The summed E-state index contributed by atoms with van der Waals surface area (Å²) in [7, 11) is -4.74. The number of phosphoric acid groups is 1. The van der Waals surface area contributed by atoms with Gasteiger partial charge in [-0.25, -0.2) is 9.55 Å². The van der Waals surface area contributed by atoms with E-state index in [9.17, 15) is 14.2 Å². The van der Waals surface area contributed by atoms with Crippen molar-refractivity contribution in [1.82, 2.24) is 15.2 Å². The van der Waals surface area contributed by atoms with Crippen LogP contribution in [-0.2, 0) is 18.7 Å². The van der Waals surface area contributed by atoms with Gasteiger partial charge < -0.3 is 29.3 Å². The zero-order valence-corrected chi connectivity index (χ0v) is 14.8. The zero-order chi connectivity index (χ0) is 18.6. The van der Waals surface area contributed by atoms with Gasteiger partial charge >= 0.3 is 7.82 Å². The molecule has 2 heterocycles. The fraction of sp³-hybridized carbons (Fsp3) is 0.615. The van der Waals surface area contributed by atoms with Gasteiger partial charge in [-0.05, 0) is 6.92 Å². The average Bonchev–Trinajstić information content (AvgIpc) is 2.96. The molecule has 0 radical (unpaired) electrons. The minimum absolute atomic E-state index is 0.353. The van der Waals surface area contributed by atoms with Crippen LogP contribution in [0.4, 0.5) is 6.01 Å². The van der Waals surface area contributed by atoms with Gasteiger partial charge in [0.05, 0.1) is 12.8 Å². The molecule has 12 heteroatoms. The topological polar surface area (TPSA) is 145 Å². The fourth-order valence-electron chi connectivity index (χ4n) is 2.42. The lowest BCUT2D eigenvalue weighted by molar-refractivity contribution is -0.137. The number of aromatic nitrogens is 1. The molecular weight excluding hydrogens is 355 g/mol. The molecule has 140 valence electrons. The van der Waals surface area contributed by atoms with Crippen LogP contribution in [0, 0.1) is 6.92 Å². The lowest BCUT2D eigenvalue weighted by Crippen LogP contribution is -2.56. The third kappa shape index (κ3) is 5.82. The van der Waals surface area contributed by atoms with E-state index in [2.05, 4.69) is 14.8 Å². The van der Waals surface area contributed by atoms with Crippen molar-refractivity contribution in [2.75, 3.05) is 37.7 Å². The fourth-order valence-corrected chi connectivity index (χ4v) is 2.76. The molecule has 1 aliphatic rings. The molecule has 25 heavy (non-hydrogen) atoms. The largest absolute Gasteiger partial charge is 0.469 e. The van der Waals surface area contributed by atoms with Crippen LogP contribution in [0.15, 0.2) is 10.6 Å². The van der Waals surface area contributed by atoms with E-state index in [0.717, 1.165) is 0 Å². The number of aryl methyl sites for hydroxylation is 1. The van der Waals surface area contributed by atoms with Crippen molar-refractivity contribution in [1.29, 1.82) is 0 Å². The lowest BCUT2D eigenvalue weighted by atomic mass is 10.2. The Morgan fingerprint density at radius 3 is 2.52 bits per heavy atom. The SMILES string of the molecule is CC(=O)NC(COP(=O)(O)O)C(=O)N1CCN(c2ncc(C)o2)CC1. The van der Waals surface area contributed by atoms with E-state index in [-0.39, 0.29) is 0 Å². The van der Waals surface area contributed by atoms with E-state index in [1.165, 1.54) is 11.8 Å². The minimum atomic E-state index is -4.74. The molecule has 0 saturated carbocycles. The highest BCUT2D eigenvalue weighted by molar-refractivity contribution is 7.46. The number of amides is 2. The Bertz CT molecular complexity index is 665. The number of carbonyl (C=O) groups excluding carboxylic acids is 2. The molecule has 3 N–H and O–H groups in total. The van der Waals surface area contributed by atoms with E-state index in [4.69, 9.17) is 14.2 Å². The standard InChI is InChI=1S/C13H21N4O7P/c1-9-7-14-13(24-9)17-5-3-16(4-6-17)12(19)11(15-10(2)18)8-23-25(20,21)22/h7,11H,3-6,8H2,1-2H3,(H,15,18)(H2,20,21,22). The lowest BCUT2D eigenvalue weighted by Gasteiger charge is -2.35. The van der Waals surface area contributed by atoms with Gasteiger partial charge in [-0.2, -0.15) is 0 Å². The first-order chi connectivity index (χ1) is 11.7. The summed E-state index contributed by atoms with van der Waals surface area (Å²) < 4.78 is 20.6. The van der Waals surface area contributed by atoms with E-state index >= 15 is 0 Å². The van der Waals surface area contributed by atoms with Crippen molar-refractivity contribution in [3.63, 3.8) is 0 Å². The van der Waals surface area contributed by atoms with Crippen molar-refractivity contribution >= 4 is 25.7 Å². The summed E-state index contributed by atoms with van der Waals surface area (Å²) in [6.07, 6.45) is 1.61. The second kappa shape index (κ2) is 7.96. The van der Waals surface area contributed by atoms with Gasteiger partial charge in [-0.15, -0.1) is 0 Å². The number of hydrogen-bond donors (Lipinski definition) is 3. The summed E-state index contributed by atoms with van der Waals surface area (Å²) >= 11 is 0. The van der Waals surface area contributed by atoms with Gasteiger partial charge in [0.2, 0.25) is 11.8 Å². The summed E-state index contributed by atoms with van der Waals surface area (Å²) in [5.74, 6) is -0.276. The summed E-state index contributed by atoms with van der Waals surface area (Å²) in [5.41, 5.74) is 0. The van der Waals surface area contributed by atoms with Crippen LogP contribution in [0.25, 0.3) is 0 Å². The second-order valence-corrected chi connectivity index (χ2v) is 6.84. The second-order valence-electron chi connectivity index (χ2n) is 5.61. The normalized spacial score (nSPS) is 16.6. The Hall–Kier alpha value is -1.94. The average molecular weight is 376 g/mol. The molecular formula is C13H21N4O7P. The molecule has 1 fully saturated rings. The molecule has 1 aliphatic heterocycles. The number of phosphoric ester groups is 1. The van der Waals surface area contributed by atoms with E-state index in [1.807, 2.05) is 4.90 Å². The first-order valence-electron chi connectivity index (χ1n) is 7.59. The Morgan fingerprint density at radius 2 is 2.04 bits per heavy atom. The molecule has 0 bridgehead atoms. The van der Waals surface area contributed by atoms with Crippen molar-refractivity contribution in [2.45, 2.75) is 19.9 Å². The van der Waals surface area contributed by atoms with Crippen molar-refractivity contribution in [3.8, 4) is 0 Å². The quantitative estimate of drug-likeness (QED) is 0.546. The molecule has 11 nitrogen and oxygen atoms in total. The Morgan fingerprint density at radius 1 is 1.40 bits per heavy atom. The highest BCUT2D eigenvalue weighted by atomic mass is 31.2. The number of rotatable bonds is 6. The third-order valence-corrected chi connectivity index (χ3v) is 4.04. The van der Waals surface area contributed by atoms with Gasteiger partial charge in [0.25, 0.3) is 6.01 Å². The monoisotopic (exact) mass is 376 g/mol. The zero-order valence-electron chi connectivity index (χ0n) is 13.9. The van der Waals surface area contributed by atoms with Crippen LogP contribution < -0.4 is 10.2 Å². The first-order valence-corrected chi connectivity index (χ1v) is 9.12. The van der Waals surface area contributed by atoms with E-state index in [1.54, 1.807) is 13.1 Å². The third-order valence-electron chi connectivity index (χ3n) is 3.56. The predicted octanol–water partition coefficient (Wildman–Crippen LogP) is -0.754. The molecule has 1 unspecified atom stereocenters. The van der Waals surface area contributed by atoms with Gasteiger partial charge in [-0.3, -0.25) is 14.1 Å². The summed E-state index contributed by atoms with van der Waals surface area (Å²) in [4.78, 5) is 48.8. The van der Waals surface area contributed by atoms with Crippen LogP contribution in [0.3, 0.4) is 0 Å². The highest BCUT2D eigenvalue weighted by Gasteiger charge is 2.31. The molecule has 2 amide bonds. The summed E-state index contributed by atoms with van der Waals surface area (Å²) in [6, 6.07) is -0.687. The van der Waals surface area contributed by atoms with Crippen LogP contribution in [0.5, 0.6) is 0 Å². The molecule has 0 spiro atoms. The van der Waals surface area contributed by atoms with E-state index < -0.39 is 32.3 Å².